The van der Waals surface area contributed by atoms with E-state index in [9.17, 15) is 5.11 Å². The summed E-state index contributed by atoms with van der Waals surface area (Å²) >= 11 is 0. The monoisotopic (exact) mass is 530 g/mol. The first kappa shape index (κ1) is 27.6. The first-order chi connectivity index (χ1) is 19.4. The molecule has 40 heavy (non-hydrogen) atoms. The third kappa shape index (κ3) is 5.65. The van der Waals surface area contributed by atoms with Crippen molar-refractivity contribution in [3.05, 3.63) is 126 Å². The molecule has 204 valence electrons. The summed E-state index contributed by atoms with van der Waals surface area (Å²) in [5.74, 6) is 0.119. The van der Waals surface area contributed by atoms with Crippen molar-refractivity contribution in [1.29, 1.82) is 0 Å². The molecular formula is C36H38N2O2. The molecule has 1 aromatic heterocycles. The highest BCUT2D eigenvalue weighted by atomic mass is 16.5. The number of hydrogen-bond acceptors (Lipinski definition) is 4. The van der Waals surface area contributed by atoms with Crippen LogP contribution in [-0.4, -0.2) is 42.7 Å². The van der Waals surface area contributed by atoms with Gasteiger partial charge < -0.3 is 14.7 Å². The van der Waals surface area contributed by atoms with Crippen molar-refractivity contribution in [2.75, 3.05) is 27.7 Å². The number of aliphatic hydroxyl groups is 1. The maximum atomic E-state index is 13.1. The number of rotatable bonds is 11. The Morgan fingerprint density at radius 2 is 1.62 bits per heavy atom. The number of hydrogen-bond donors (Lipinski definition) is 1. The van der Waals surface area contributed by atoms with Crippen molar-refractivity contribution >= 4 is 27.8 Å². The van der Waals surface area contributed by atoms with E-state index in [4.69, 9.17) is 9.72 Å². The third-order valence-corrected chi connectivity index (χ3v) is 7.84. The van der Waals surface area contributed by atoms with Crippen LogP contribution in [0.25, 0.3) is 27.8 Å². The van der Waals surface area contributed by atoms with E-state index in [1.54, 1.807) is 7.11 Å². The van der Waals surface area contributed by atoms with Crippen LogP contribution in [0.2, 0.25) is 0 Å². The molecule has 0 aliphatic carbocycles. The molecule has 0 bridgehead atoms. The van der Waals surface area contributed by atoms with E-state index >= 15 is 0 Å². The standard InChI is InChI=1S/C36H38N2O2/c1-5-26-17-20-33-30(23-26)25-32(35(37-33)40-4)34(28-14-7-6-8-15-28)36(39,21-11-12-22-38(2)3)31-19-18-27-13-9-10-16-29(27)24-31/h5-10,13-20,23-25,34,39H,1,11-12,21-22H2,2-4H3. The Balaban J connectivity index is 1.74. The molecule has 0 fully saturated rings. The molecule has 0 spiro atoms. The largest absolute Gasteiger partial charge is 0.481 e. The van der Waals surface area contributed by atoms with Crippen LogP contribution < -0.4 is 4.74 Å². The molecule has 0 radical (unpaired) electrons. The van der Waals surface area contributed by atoms with Gasteiger partial charge in [0.05, 0.1) is 12.6 Å². The molecule has 2 unspecified atom stereocenters. The van der Waals surface area contributed by atoms with Crippen LogP contribution in [-0.2, 0) is 5.60 Å². The number of methoxy groups -OCH3 is 1. The Hall–Kier alpha value is -3.99. The first-order valence-corrected chi connectivity index (χ1v) is 14.0. The summed E-state index contributed by atoms with van der Waals surface area (Å²) in [7, 11) is 5.83. The molecule has 0 saturated heterocycles. The van der Waals surface area contributed by atoms with E-state index in [0.29, 0.717) is 12.3 Å². The van der Waals surface area contributed by atoms with Crippen LogP contribution in [0.1, 0.15) is 47.4 Å². The van der Waals surface area contributed by atoms with Gasteiger partial charge in [0.15, 0.2) is 0 Å². The number of pyridine rings is 1. The molecule has 0 amide bonds. The highest BCUT2D eigenvalue weighted by Crippen LogP contribution is 2.48. The summed E-state index contributed by atoms with van der Waals surface area (Å²) in [4.78, 5) is 7.11. The molecule has 1 heterocycles. The molecule has 0 aliphatic heterocycles. The van der Waals surface area contributed by atoms with Crippen LogP contribution in [0.4, 0.5) is 0 Å². The predicted molar refractivity (Wildman–Crippen MR) is 167 cm³/mol. The summed E-state index contributed by atoms with van der Waals surface area (Å²) in [6, 6.07) is 33.2. The quantitative estimate of drug-likeness (QED) is 0.177. The molecule has 4 heteroatoms. The van der Waals surface area contributed by atoms with E-state index < -0.39 is 11.5 Å². The van der Waals surface area contributed by atoms with Gasteiger partial charge in [0.1, 0.15) is 5.60 Å². The van der Waals surface area contributed by atoms with Crippen LogP contribution >= 0.6 is 0 Å². The minimum Gasteiger partial charge on any atom is -0.481 e. The summed E-state index contributed by atoms with van der Waals surface area (Å²) < 4.78 is 5.92. The molecular weight excluding hydrogens is 492 g/mol. The van der Waals surface area contributed by atoms with Crippen molar-refractivity contribution in [3.8, 4) is 5.88 Å². The van der Waals surface area contributed by atoms with E-state index in [1.165, 1.54) is 0 Å². The number of benzene rings is 4. The van der Waals surface area contributed by atoms with Gasteiger partial charge in [-0.15, -0.1) is 0 Å². The van der Waals surface area contributed by atoms with Gasteiger partial charge in [-0.2, -0.15) is 0 Å². The van der Waals surface area contributed by atoms with Gasteiger partial charge in [0, 0.05) is 16.9 Å². The first-order valence-electron chi connectivity index (χ1n) is 14.0. The van der Waals surface area contributed by atoms with Gasteiger partial charge in [-0.25, -0.2) is 4.98 Å². The Bertz CT molecular complexity index is 1610. The normalized spacial score (nSPS) is 13.8. The zero-order chi connectivity index (χ0) is 28.1. The lowest BCUT2D eigenvalue weighted by Crippen LogP contribution is -2.35. The highest BCUT2D eigenvalue weighted by Gasteiger charge is 2.42. The fourth-order valence-corrected chi connectivity index (χ4v) is 5.79. The maximum Gasteiger partial charge on any atom is 0.217 e. The summed E-state index contributed by atoms with van der Waals surface area (Å²) in [6.45, 7) is 4.91. The molecule has 2 atom stereocenters. The van der Waals surface area contributed by atoms with Crippen LogP contribution in [0, 0.1) is 0 Å². The summed E-state index contributed by atoms with van der Waals surface area (Å²) in [5, 5.41) is 16.3. The van der Waals surface area contributed by atoms with E-state index in [2.05, 4.69) is 80.2 Å². The van der Waals surface area contributed by atoms with Gasteiger partial charge in [-0.3, -0.25) is 0 Å². The smallest absolute Gasteiger partial charge is 0.217 e. The highest BCUT2D eigenvalue weighted by molar-refractivity contribution is 5.84. The Morgan fingerprint density at radius 1 is 0.875 bits per heavy atom. The predicted octanol–water partition coefficient (Wildman–Crippen LogP) is 7.79. The Morgan fingerprint density at radius 3 is 2.35 bits per heavy atom. The van der Waals surface area contributed by atoms with Crippen LogP contribution in [0.5, 0.6) is 5.88 Å². The molecule has 0 saturated carbocycles. The zero-order valence-corrected chi connectivity index (χ0v) is 23.7. The van der Waals surface area contributed by atoms with Crippen molar-refractivity contribution in [1.82, 2.24) is 9.88 Å². The molecule has 5 aromatic rings. The minimum atomic E-state index is -1.21. The summed E-state index contributed by atoms with van der Waals surface area (Å²) in [6.07, 6.45) is 4.29. The van der Waals surface area contributed by atoms with Crippen molar-refractivity contribution in [2.45, 2.75) is 30.8 Å². The van der Waals surface area contributed by atoms with Gasteiger partial charge in [0.2, 0.25) is 5.88 Å². The van der Waals surface area contributed by atoms with Gasteiger partial charge >= 0.3 is 0 Å². The lowest BCUT2D eigenvalue weighted by Gasteiger charge is -2.38. The second-order valence-corrected chi connectivity index (χ2v) is 10.8. The van der Waals surface area contributed by atoms with Crippen LogP contribution in [0.15, 0.2) is 104 Å². The van der Waals surface area contributed by atoms with Crippen LogP contribution in [0.3, 0.4) is 0 Å². The lowest BCUT2D eigenvalue weighted by molar-refractivity contribution is 0.00690. The second-order valence-electron chi connectivity index (χ2n) is 10.8. The Kier molecular flexibility index (Phi) is 8.29. The molecule has 1 N–H and O–H groups in total. The van der Waals surface area contributed by atoms with E-state index in [1.807, 2.05) is 48.5 Å². The number of unbranched alkanes of at least 4 members (excludes halogenated alkanes) is 1. The minimum absolute atomic E-state index is 0.409. The van der Waals surface area contributed by atoms with E-state index in [-0.39, 0.29) is 0 Å². The molecule has 4 aromatic carbocycles. The van der Waals surface area contributed by atoms with Crippen molar-refractivity contribution in [2.24, 2.45) is 0 Å². The van der Waals surface area contributed by atoms with E-state index in [0.717, 1.165) is 63.3 Å². The fraction of sp³-hybridized carbons (Fsp3) is 0.250. The number of fused-ring (bicyclic) bond motifs is 2. The maximum absolute atomic E-state index is 13.1. The molecule has 5 rings (SSSR count). The number of aromatic nitrogens is 1. The molecule has 0 aliphatic rings. The van der Waals surface area contributed by atoms with Crippen molar-refractivity contribution in [3.63, 3.8) is 0 Å². The SMILES string of the molecule is C=Cc1ccc2nc(OC)c(C(c3ccccc3)C(O)(CCCCN(C)C)c3ccc4ccccc4c3)cc2c1. The van der Waals surface area contributed by atoms with Gasteiger partial charge in [-0.05, 0) is 91.6 Å². The number of ether oxygens (including phenoxy) is 1. The fourth-order valence-electron chi connectivity index (χ4n) is 5.79. The molecule has 4 nitrogen and oxygen atoms in total. The van der Waals surface area contributed by atoms with Gasteiger partial charge in [-0.1, -0.05) is 85.5 Å². The average Bonchev–Trinajstić information content (AvgIpc) is 2.99. The topological polar surface area (TPSA) is 45.6 Å². The lowest BCUT2D eigenvalue weighted by atomic mass is 9.71. The number of nitrogens with zero attached hydrogens (tertiary/aromatic N) is 2. The third-order valence-electron chi connectivity index (χ3n) is 7.84. The average molecular weight is 531 g/mol. The zero-order valence-electron chi connectivity index (χ0n) is 23.7. The Labute approximate surface area is 237 Å². The second kappa shape index (κ2) is 12.0. The van der Waals surface area contributed by atoms with Gasteiger partial charge in [0.25, 0.3) is 0 Å². The summed E-state index contributed by atoms with van der Waals surface area (Å²) in [5.41, 5.74) is 3.44. The van der Waals surface area contributed by atoms with Crippen molar-refractivity contribution < 1.29 is 9.84 Å².